The monoisotopic (exact) mass is 408 g/mol. The van der Waals surface area contributed by atoms with Crippen molar-refractivity contribution >= 4 is 17.4 Å². The molecule has 10 heteroatoms. The van der Waals surface area contributed by atoms with Crippen molar-refractivity contribution in [2.45, 2.75) is 25.4 Å². The van der Waals surface area contributed by atoms with E-state index in [0.29, 0.717) is 0 Å². The zero-order valence-corrected chi connectivity index (χ0v) is 15.2. The molecule has 7 nitrogen and oxygen atoms in total. The smallest absolute Gasteiger partial charge is 0.394 e. The van der Waals surface area contributed by atoms with Gasteiger partial charge in [-0.15, -0.1) is 0 Å². The van der Waals surface area contributed by atoms with E-state index in [2.05, 4.69) is 4.74 Å². The Morgan fingerprint density at radius 3 is 2.41 bits per heavy atom. The summed E-state index contributed by atoms with van der Waals surface area (Å²) in [5, 5.41) is 11.5. The molecule has 152 valence electrons. The topological polar surface area (TPSA) is 91.4 Å². The average molecular weight is 408 g/mol. The Bertz CT molecular complexity index is 1040. The third-order valence-electron chi connectivity index (χ3n) is 5.95. The van der Waals surface area contributed by atoms with Gasteiger partial charge in [0.15, 0.2) is 5.78 Å². The lowest BCUT2D eigenvalue weighted by atomic mass is 9.33. The van der Waals surface area contributed by atoms with Gasteiger partial charge in [0.25, 0.3) is 5.69 Å². The van der Waals surface area contributed by atoms with E-state index in [0.717, 1.165) is 13.2 Å². The number of nitrogens with zero attached hydrogens (tertiary/aromatic N) is 2. The minimum absolute atomic E-state index is 0.0328. The standard InChI is InChI=1S/C19H15F3N2O5/c1-29-16(26)11-4-5-12(14(7-11)24(27)28)23-6-2-3-13(23)15(25)17-8-18(9-17,10-17)19(20,21)22/h2-7H,8-10H2,1H3. The van der Waals surface area contributed by atoms with Crippen molar-refractivity contribution in [2.24, 2.45) is 10.8 Å². The molecule has 0 saturated heterocycles. The van der Waals surface area contributed by atoms with Gasteiger partial charge in [0, 0.05) is 17.7 Å². The summed E-state index contributed by atoms with van der Waals surface area (Å²) in [6.45, 7) is 0. The maximum Gasteiger partial charge on any atom is 0.394 e. The van der Waals surface area contributed by atoms with Crippen LogP contribution >= 0.6 is 0 Å². The summed E-state index contributed by atoms with van der Waals surface area (Å²) >= 11 is 0. The van der Waals surface area contributed by atoms with Crippen LogP contribution in [0.4, 0.5) is 18.9 Å². The summed E-state index contributed by atoms with van der Waals surface area (Å²) in [7, 11) is 1.14. The SMILES string of the molecule is COC(=O)c1ccc(-n2cccc2C(=O)C23CC(C(F)(F)F)(C2)C3)c([N+](=O)[O-])c1. The number of nitro benzene ring substituents is 1. The van der Waals surface area contributed by atoms with Crippen molar-refractivity contribution in [3.05, 3.63) is 57.9 Å². The first-order valence-corrected chi connectivity index (χ1v) is 8.70. The number of halogens is 3. The van der Waals surface area contributed by atoms with Crippen molar-refractivity contribution in [3.63, 3.8) is 0 Å². The second-order valence-corrected chi connectivity index (χ2v) is 7.63. The van der Waals surface area contributed by atoms with Crippen molar-refractivity contribution < 1.29 is 32.4 Å². The second kappa shape index (κ2) is 5.91. The summed E-state index contributed by atoms with van der Waals surface area (Å²) in [6.07, 6.45) is -3.66. The molecule has 0 amide bonds. The highest BCUT2D eigenvalue weighted by Gasteiger charge is 2.80. The summed E-state index contributed by atoms with van der Waals surface area (Å²) in [5.41, 5.74) is -3.18. The molecule has 3 saturated carbocycles. The maximum absolute atomic E-state index is 13.1. The van der Waals surface area contributed by atoms with Crippen LogP contribution in [0.3, 0.4) is 0 Å². The van der Waals surface area contributed by atoms with E-state index in [1.54, 1.807) is 0 Å². The molecule has 1 heterocycles. The van der Waals surface area contributed by atoms with Crippen LogP contribution in [-0.2, 0) is 4.74 Å². The second-order valence-electron chi connectivity index (χ2n) is 7.63. The molecule has 1 aromatic heterocycles. The van der Waals surface area contributed by atoms with E-state index in [4.69, 9.17) is 0 Å². The predicted molar refractivity (Wildman–Crippen MR) is 92.9 cm³/mol. The number of methoxy groups -OCH3 is 1. The molecule has 0 radical (unpaired) electrons. The molecule has 3 aliphatic carbocycles. The van der Waals surface area contributed by atoms with E-state index < -0.39 is 39.4 Å². The number of nitro groups is 1. The van der Waals surface area contributed by atoms with Crippen LogP contribution in [0.25, 0.3) is 5.69 Å². The quantitative estimate of drug-likeness (QED) is 0.322. The lowest BCUT2D eigenvalue weighted by molar-refractivity contribution is -0.384. The summed E-state index contributed by atoms with van der Waals surface area (Å²) < 4.78 is 45.1. The van der Waals surface area contributed by atoms with Crippen LogP contribution in [0, 0.1) is 20.9 Å². The highest BCUT2D eigenvalue weighted by molar-refractivity contribution is 6.02. The van der Waals surface area contributed by atoms with Crippen molar-refractivity contribution in [2.75, 3.05) is 7.11 Å². The molecule has 0 atom stereocenters. The van der Waals surface area contributed by atoms with Crippen LogP contribution < -0.4 is 0 Å². The molecule has 3 fully saturated rings. The number of alkyl halides is 3. The molecule has 3 aliphatic rings. The number of esters is 1. The summed E-state index contributed by atoms with van der Waals surface area (Å²) in [4.78, 5) is 35.5. The Hall–Kier alpha value is -3.17. The zero-order chi connectivity index (χ0) is 21.2. The van der Waals surface area contributed by atoms with E-state index in [1.807, 2.05) is 0 Å². The largest absolute Gasteiger partial charge is 0.465 e. The minimum atomic E-state index is -4.33. The van der Waals surface area contributed by atoms with E-state index in [-0.39, 0.29) is 36.2 Å². The minimum Gasteiger partial charge on any atom is -0.465 e. The number of ether oxygens (including phenoxy) is 1. The number of aromatic nitrogens is 1. The van der Waals surface area contributed by atoms with Gasteiger partial charge in [0.2, 0.25) is 0 Å². The first-order chi connectivity index (χ1) is 13.5. The Labute approximate surface area is 162 Å². The number of hydrogen-bond donors (Lipinski definition) is 0. The molecule has 2 bridgehead atoms. The molecule has 1 aromatic carbocycles. The van der Waals surface area contributed by atoms with Gasteiger partial charge in [-0.1, -0.05) is 0 Å². The fourth-order valence-corrected chi connectivity index (χ4v) is 4.50. The van der Waals surface area contributed by atoms with Gasteiger partial charge in [-0.05, 0) is 43.5 Å². The predicted octanol–water partition coefficient (Wildman–Crippen LogP) is 4.09. The summed E-state index contributed by atoms with van der Waals surface area (Å²) in [6, 6.07) is 6.59. The molecular weight excluding hydrogens is 393 g/mol. The fourth-order valence-electron chi connectivity index (χ4n) is 4.50. The number of hydrogen-bond acceptors (Lipinski definition) is 5. The first-order valence-electron chi connectivity index (χ1n) is 8.70. The number of benzene rings is 1. The van der Waals surface area contributed by atoms with E-state index in [9.17, 15) is 32.9 Å². The number of Topliss-reactive ketones (excluding diaryl/α,β-unsaturated/α-hetero) is 1. The fraction of sp³-hybridized carbons (Fsp3) is 0.368. The lowest BCUT2D eigenvalue weighted by Crippen LogP contribution is -2.71. The molecule has 0 spiro atoms. The molecule has 0 N–H and O–H groups in total. The van der Waals surface area contributed by atoms with Crippen molar-refractivity contribution in [1.82, 2.24) is 4.57 Å². The van der Waals surface area contributed by atoms with Crippen LogP contribution in [0.15, 0.2) is 36.5 Å². The number of rotatable bonds is 5. The van der Waals surface area contributed by atoms with Gasteiger partial charge in [-0.2, -0.15) is 13.2 Å². The average Bonchev–Trinajstić information content (AvgIpc) is 3.06. The highest BCUT2D eigenvalue weighted by atomic mass is 19.4. The zero-order valence-electron chi connectivity index (χ0n) is 15.2. The Morgan fingerprint density at radius 1 is 1.21 bits per heavy atom. The van der Waals surface area contributed by atoms with Gasteiger partial charge in [-0.3, -0.25) is 14.9 Å². The first kappa shape index (κ1) is 19.2. The van der Waals surface area contributed by atoms with Gasteiger partial charge in [0.05, 0.1) is 28.7 Å². The Balaban J connectivity index is 1.69. The van der Waals surface area contributed by atoms with Gasteiger partial charge < -0.3 is 9.30 Å². The van der Waals surface area contributed by atoms with Crippen LogP contribution in [0.1, 0.15) is 40.1 Å². The Morgan fingerprint density at radius 2 is 1.86 bits per heavy atom. The third-order valence-corrected chi connectivity index (χ3v) is 5.95. The number of carbonyl (C=O) groups excluding carboxylic acids is 2. The van der Waals surface area contributed by atoms with Crippen LogP contribution in [0.5, 0.6) is 0 Å². The van der Waals surface area contributed by atoms with Crippen LogP contribution in [-0.4, -0.2) is 34.5 Å². The van der Waals surface area contributed by atoms with Crippen molar-refractivity contribution in [1.29, 1.82) is 0 Å². The third kappa shape index (κ3) is 2.58. The number of carbonyl (C=O) groups is 2. The van der Waals surface area contributed by atoms with Gasteiger partial charge >= 0.3 is 12.1 Å². The van der Waals surface area contributed by atoms with E-state index >= 15 is 0 Å². The summed E-state index contributed by atoms with van der Waals surface area (Å²) in [5.74, 6) is -1.21. The normalized spacial score (nSPS) is 25.0. The number of ketones is 1. The molecule has 5 rings (SSSR count). The maximum atomic E-state index is 13.1. The van der Waals surface area contributed by atoms with Gasteiger partial charge in [-0.25, -0.2) is 4.79 Å². The molecule has 0 unspecified atom stereocenters. The van der Waals surface area contributed by atoms with Crippen molar-refractivity contribution in [3.8, 4) is 5.69 Å². The van der Waals surface area contributed by atoms with E-state index in [1.165, 1.54) is 35.0 Å². The molecule has 29 heavy (non-hydrogen) atoms. The van der Waals surface area contributed by atoms with Crippen LogP contribution in [0.2, 0.25) is 0 Å². The molecule has 0 aliphatic heterocycles. The molecule has 2 aromatic rings. The molecular formula is C19H15F3N2O5. The van der Waals surface area contributed by atoms with Gasteiger partial charge in [0.1, 0.15) is 5.69 Å². The Kier molecular flexibility index (Phi) is 3.91. The lowest BCUT2D eigenvalue weighted by Gasteiger charge is -2.69. The highest BCUT2D eigenvalue weighted by Crippen LogP contribution is 2.79.